The highest BCUT2D eigenvalue weighted by Gasteiger charge is 2.59. The fraction of sp³-hybridized carbons (Fsp3) is 0.321. The highest BCUT2D eigenvalue weighted by atomic mass is 32.2. The molecule has 3 aliphatic carbocycles. The van der Waals surface area contributed by atoms with Crippen LogP contribution in [-0.4, -0.2) is 46.4 Å². The van der Waals surface area contributed by atoms with Crippen LogP contribution in [0.4, 0.5) is 8.78 Å². The van der Waals surface area contributed by atoms with E-state index in [9.17, 15) is 22.0 Å². The number of pyridine rings is 2. The predicted octanol–water partition coefficient (Wildman–Crippen LogP) is 3.81. The van der Waals surface area contributed by atoms with Crippen molar-refractivity contribution in [2.75, 3.05) is 6.61 Å². The van der Waals surface area contributed by atoms with Crippen LogP contribution in [0.5, 0.6) is 0 Å². The zero-order valence-electron chi connectivity index (χ0n) is 21.1. The molecule has 3 fully saturated rings. The van der Waals surface area contributed by atoms with Gasteiger partial charge in [-0.1, -0.05) is 0 Å². The van der Waals surface area contributed by atoms with E-state index in [0.717, 1.165) is 54.2 Å². The molecule has 0 spiro atoms. The topological polar surface area (TPSA) is 124 Å². The largest absolute Gasteiger partial charge is 0.372 e. The lowest BCUT2D eigenvalue weighted by atomic mass is 9.44. The van der Waals surface area contributed by atoms with E-state index in [1.807, 2.05) is 18.2 Å². The first kappa shape index (κ1) is 25.1. The number of rotatable bonds is 5. The molecule has 9 nitrogen and oxygen atoms in total. The van der Waals surface area contributed by atoms with Crippen LogP contribution in [0.25, 0.3) is 22.3 Å². The molecule has 8 rings (SSSR count). The van der Waals surface area contributed by atoms with Gasteiger partial charge in [-0.3, -0.25) is 9.78 Å². The molecule has 4 aromatic rings. The fourth-order valence-corrected chi connectivity index (χ4v) is 7.04. The summed E-state index contributed by atoms with van der Waals surface area (Å²) in [6.07, 6.45) is 6.87. The van der Waals surface area contributed by atoms with Crippen LogP contribution in [0, 0.1) is 11.7 Å². The summed E-state index contributed by atoms with van der Waals surface area (Å²) in [7, 11) is -4.50. The highest BCUT2D eigenvalue weighted by Crippen LogP contribution is 2.64. The van der Waals surface area contributed by atoms with Crippen LogP contribution in [-0.2, 0) is 33.1 Å². The minimum absolute atomic E-state index is 0.0255. The van der Waals surface area contributed by atoms with Crippen molar-refractivity contribution in [2.24, 2.45) is 5.92 Å². The molecule has 0 radical (unpaired) electrons. The van der Waals surface area contributed by atoms with Gasteiger partial charge in [0.1, 0.15) is 11.6 Å². The van der Waals surface area contributed by atoms with Gasteiger partial charge in [-0.05, 0) is 61.6 Å². The summed E-state index contributed by atoms with van der Waals surface area (Å²) in [6, 6.07) is 9.24. The van der Waals surface area contributed by atoms with E-state index in [1.54, 1.807) is 18.5 Å². The second-order valence-corrected chi connectivity index (χ2v) is 12.7. The van der Waals surface area contributed by atoms with E-state index in [1.165, 1.54) is 0 Å². The van der Waals surface area contributed by atoms with Gasteiger partial charge >= 0.3 is 0 Å². The number of aromatic nitrogens is 4. The quantitative estimate of drug-likeness (QED) is 0.389. The van der Waals surface area contributed by atoms with Crippen LogP contribution in [0.1, 0.15) is 46.7 Å². The smallest absolute Gasteiger partial charge is 0.251 e. The Labute approximate surface area is 228 Å². The Morgan fingerprint density at radius 3 is 2.65 bits per heavy atom. The Kier molecular flexibility index (Phi) is 5.69. The van der Waals surface area contributed by atoms with Crippen molar-refractivity contribution in [1.82, 2.24) is 25.3 Å². The molecule has 2 bridgehead atoms. The minimum Gasteiger partial charge on any atom is -0.372 e. The lowest BCUT2D eigenvalue weighted by molar-refractivity contribution is -0.0345. The summed E-state index contributed by atoms with van der Waals surface area (Å²) in [4.78, 5) is 30.7. The molecule has 4 heterocycles. The predicted molar refractivity (Wildman–Crippen MR) is 139 cm³/mol. The number of halogens is 2. The molecule has 3 aromatic heterocycles. The van der Waals surface area contributed by atoms with Gasteiger partial charge < -0.3 is 10.1 Å². The number of carbonyl (C=O) groups is 1. The number of nitrogens with one attached hydrogen (secondary N) is 1. The third kappa shape index (κ3) is 4.05. The maximum absolute atomic E-state index is 14.7. The van der Waals surface area contributed by atoms with Gasteiger partial charge in [0.25, 0.3) is 5.91 Å². The number of hydrogen-bond acceptors (Lipinski definition) is 8. The molecule has 3 saturated carbocycles. The molecular formula is C28H23F2N5O4S. The van der Waals surface area contributed by atoms with Gasteiger partial charge in [-0.15, -0.1) is 0 Å². The Morgan fingerprint density at radius 1 is 1.07 bits per heavy atom. The average molecular weight is 564 g/mol. The van der Waals surface area contributed by atoms with Gasteiger partial charge in [-0.25, -0.2) is 32.2 Å². The normalized spacial score (nSPS) is 24.4. The second kappa shape index (κ2) is 9.07. The first-order chi connectivity index (χ1) is 19.2. The summed E-state index contributed by atoms with van der Waals surface area (Å²) < 4.78 is 58.8. The lowest BCUT2D eigenvalue weighted by Crippen LogP contribution is -2.56. The van der Waals surface area contributed by atoms with Crippen molar-refractivity contribution in [3.05, 3.63) is 77.3 Å². The van der Waals surface area contributed by atoms with Gasteiger partial charge in [0.05, 0.1) is 47.3 Å². The van der Waals surface area contributed by atoms with Crippen molar-refractivity contribution in [2.45, 2.75) is 48.2 Å². The number of nitrogens with zero attached hydrogens (tertiary/aromatic N) is 4. The molecule has 1 aromatic carbocycles. The van der Waals surface area contributed by atoms with E-state index in [0.29, 0.717) is 16.9 Å². The van der Waals surface area contributed by atoms with Crippen molar-refractivity contribution in [3.8, 4) is 11.4 Å². The Bertz CT molecular complexity index is 1800. The maximum atomic E-state index is 14.7. The van der Waals surface area contributed by atoms with E-state index in [-0.39, 0.29) is 23.1 Å². The first-order valence-corrected chi connectivity index (χ1v) is 14.4. The monoisotopic (exact) mass is 563 g/mol. The minimum atomic E-state index is -4.50. The molecule has 40 heavy (non-hydrogen) atoms. The van der Waals surface area contributed by atoms with Gasteiger partial charge in [0.15, 0.2) is 0 Å². The van der Waals surface area contributed by atoms with Crippen LogP contribution >= 0.6 is 0 Å². The van der Waals surface area contributed by atoms with E-state index in [2.05, 4.69) is 15.3 Å². The first-order valence-electron chi connectivity index (χ1n) is 12.9. The molecule has 1 atom stereocenters. The number of hydrogen-bond donors (Lipinski definition) is 1. The Balaban J connectivity index is 1.12. The highest BCUT2D eigenvalue weighted by molar-refractivity contribution is 7.92. The summed E-state index contributed by atoms with van der Waals surface area (Å²) in [5.74, 6) is 0.00791. The van der Waals surface area contributed by atoms with Crippen LogP contribution in [0.2, 0.25) is 0 Å². The van der Waals surface area contributed by atoms with Gasteiger partial charge in [-0.2, -0.15) is 0 Å². The van der Waals surface area contributed by atoms with Crippen molar-refractivity contribution in [3.63, 3.8) is 0 Å². The molecular weight excluding hydrogens is 540 g/mol. The maximum Gasteiger partial charge on any atom is 0.251 e. The number of alkyl halides is 1. The third-order valence-corrected chi connectivity index (χ3v) is 9.83. The molecule has 0 saturated heterocycles. The number of fused-ring (bicyclic) bond motifs is 2. The van der Waals surface area contributed by atoms with Gasteiger partial charge in [0, 0.05) is 34.3 Å². The molecule has 1 aliphatic heterocycles. The van der Waals surface area contributed by atoms with E-state index in [4.69, 9.17) is 14.7 Å². The molecule has 1 N–H and O–H groups in total. The van der Waals surface area contributed by atoms with Crippen molar-refractivity contribution >= 4 is 26.6 Å². The number of ether oxygens (including phenoxy) is 1. The zero-order chi connectivity index (χ0) is 27.6. The van der Waals surface area contributed by atoms with Gasteiger partial charge in [0.2, 0.25) is 15.3 Å². The summed E-state index contributed by atoms with van der Waals surface area (Å²) in [5.41, 5.74) is -0.179. The molecule has 1 amide bonds. The number of benzene rings is 1. The molecule has 12 heteroatoms. The van der Waals surface area contributed by atoms with Crippen molar-refractivity contribution in [1.29, 1.82) is 0 Å². The second-order valence-electron chi connectivity index (χ2n) is 10.7. The number of amides is 1. The summed E-state index contributed by atoms with van der Waals surface area (Å²) in [6.45, 7) is -1.14. The summed E-state index contributed by atoms with van der Waals surface area (Å²) >= 11 is 0. The van der Waals surface area contributed by atoms with Crippen LogP contribution < -0.4 is 5.32 Å². The fourth-order valence-electron chi connectivity index (χ4n) is 5.70. The Hall–Kier alpha value is -3.90. The molecule has 204 valence electrons. The molecule has 0 unspecified atom stereocenters. The summed E-state index contributed by atoms with van der Waals surface area (Å²) in [5, 5.41) is 3.42. The lowest BCUT2D eigenvalue weighted by Gasteiger charge is -2.60. The zero-order valence-corrected chi connectivity index (χ0v) is 21.9. The number of sulfone groups is 1. The van der Waals surface area contributed by atoms with E-state index < -0.39 is 45.2 Å². The van der Waals surface area contributed by atoms with E-state index >= 15 is 0 Å². The SMILES string of the molecule is O=C(NCc1cc2nc(-c3ccnc(C45CC(C4)C5)n3)ccc2cn1)c1cc(F)c2c(c1)S(=O)(=O)[C@@H](F)COC2. The van der Waals surface area contributed by atoms with Crippen molar-refractivity contribution < 1.29 is 26.7 Å². The standard InChI is InChI=1S/C28H23F2N5O4S/c29-20-5-17(6-24-19(20)13-39-14-25(30)40(24,37)38)26(36)33-12-18-7-23-16(11-32-18)1-2-21(34-23)22-3-4-31-27(35-22)28-8-15(9-28)10-28/h1-7,11,15,25H,8-10,12-14H2,(H,33,36)/t15?,25-,28?/m1/s1. The molecule has 4 aliphatic rings. The number of carbonyl (C=O) groups excluding carboxylic acids is 1. The third-order valence-electron chi connectivity index (χ3n) is 8.05. The van der Waals surface area contributed by atoms with Crippen LogP contribution in [0.15, 0.2) is 53.7 Å². The average Bonchev–Trinajstić information content (AvgIpc) is 3.01. The Morgan fingerprint density at radius 2 is 1.88 bits per heavy atom. The van der Waals surface area contributed by atoms with Crippen LogP contribution in [0.3, 0.4) is 0 Å².